The first-order chi connectivity index (χ1) is 21.9. The van der Waals surface area contributed by atoms with Crippen molar-refractivity contribution in [1.29, 1.82) is 0 Å². The summed E-state index contributed by atoms with van der Waals surface area (Å²) in [5.74, 6) is -19.2. The molecule has 1 aromatic heterocycles. The van der Waals surface area contributed by atoms with Crippen LogP contribution in [-0.4, -0.2) is 37.4 Å². The summed E-state index contributed by atoms with van der Waals surface area (Å²) in [6, 6.07) is 2.49. The second-order valence-electron chi connectivity index (χ2n) is 8.94. The fourth-order valence-electron chi connectivity index (χ4n) is 3.31. The van der Waals surface area contributed by atoms with Crippen molar-refractivity contribution in [2.24, 2.45) is 0 Å². The van der Waals surface area contributed by atoms with Crippen molar-refractivity contribution in [3.05, 3.63) is 76.4 Å². The number of esters is 2. The largest absolute Gasteiger partial charge is 0.465 e. The van der Waals surface area contributed by atoms with Crippen LogP contribution >= 0.6 is 18.9 Å². The molecule has 0 saturated heterocycles. The lowest BCUT2D eigenvalue weighted by atomic mass is 10.2. The number of benzene rings is 2. The molecule has 3 rings (SSSR count). The molecule has 7 nitrogen and oxygen atoms in total. The van der Waals surface area contributed by atoms with Gasteiger partial charge in [0.2, 0.25) is 40.7 Å². The number of fused-ring (bicyclic) bond motifs is 1. The molecular weight excluding hydrogens is 692 g/mol. The zero-order chi connectivity index (χ0) is 36.3. The highest BCUT2D eigenvalue weighted by molar-refractivity contribution is 7.57. The van der Waals surface area contributed by atoms with E-state index in [4.69, 9.17) is 4.74 Å². The van der Waals surface area contributed by atoms with Crippen molar-refractivity contribution in [2.75, 3.05) is 13.2 Å². The Bertz CT molecular complexity index is 1570. The highest BCUT2D eigenvalue weighted by Gasteiger charge is 2.43. The fraction of sp³-hybridized carbons (Fsp3) is 0.379. The van der Waals surface area contributed by atoms with Gasteiger partial charge in [-0.25, -0.2) is 27.4 Å². The van der Waals surface area contributed by atoms with Crippen LogP contribution < -0.4 is 9.82 Å². The Hall–Kier alpha value is -3.40. The summed E-state index contributed by atoms with van der Waals surface area (Å²) in [7, 11) is -5.14. The molecule has 1 N–H and O–H groups in total. The molecular formula is C29H31F9NO6PS. The first-order valence-corrected chi connectivity index (χ1v) is 16.1. The van der Waals surface area contributed by atoms with Crippen LogP contribution in [0.5, 0.6) is 5.75 Å². The van der Waals surface area contributed by atoms with Crippen molar-refractivity contribution < 1.29 is 67.7 Å². The van der Waals surface area contributed by atoms with Gasteiger partial charge in [0.25, 0.3) is 0 Å². The highest BCUT2D eigenvalue weighted by atomic mass is 32.1. The van der Waals surface area contributed by atoms with Gasteiger partial charge in [0.05, 0.1) is 6.61 Å². The SMILES string of the molecule is C=CC.CC.CCCOC(=O)C(C)NP(=O)(OCC(F)(F)F)C(F)c1ccc2sc(C(=O)Oc3c(F)c(F)c(F)c(F)c3F)cc2c1. The number of thiophene rings is 1. The number of halogens is 9. The molecule has 0 aliphatic carbocycles. The number of alkyl halides is 4. The van der Waals surface area contributed by atoms with Gasteiger partial charge in [0.1, 0.15) is 10.9 Å². The molecule has 2 aromatic carbocycles. The molecule has 0 aliphatic heterocycles. The molecule has 47 heavy (non-hydrogen) atoms. The predicted octanol–water partition coefficient (Wildman–Crippen LogP) is 9.71. The van der Waals surface area contributed by atoms with E-state index >= 15 is 4.39 Å². The zero-order valence-electron chi connectivity index (χ0n) is 25.6. The summed E-state index contributed by atoms with van der Waals surface area (Å²) in [4.78, 5) is 24.0. The van der Waals surface area contributed by atoms with Crippen LogP contribution in [0.2, 0.25) is 0 Å². The average Bonchev–Trinajstić information content (AvgIpc) is 3.47. The Morgan fingerprint density at radius 2 is 1.55 bits per heavy atom. The maximum Gasteiger partial charge on any atom is 0.412 e. The lowest BCUT2D eigenvalue weighted by molar-refractivity contribution is -0.154. The Morgan fingerprint density at radius 1 is 1.02 bits per heavy atom. The van der Waals surface area contributed by atoms with Gasteiger partial charge in [0.15, 0.2) is 6.61 Å². The van der Waals surface area contributed by atoms with Crippen molar-refractivity contribution in [1.82, 2.24) is 5.09 Å². The molecule has 0 aliphatic rings. The molecule has 0 radical (unpaired) electrons. The van der Waals surface area contributed by atoms with Crippen LogP contribution in [-0.2, 0) is 18.6 Å². The van der Waals surface area contributed by atoms with Crippen LogP contribution in [0, 0.1) is 29.1 Å². The number of hydrogen-bond donors (Lipinski definition) is 1. The van der Waals surface area contributed by atoms with E-state index in [1.807, 2.05) is 25.9 Å². The standard InChI is InChI=1S/C24H19F9NO6PS.C3H6.C2H6/c1-3-6-38-22(35)10(2)34-41(37,39-9-24(31,32)33)21(30)11-4-5-13-12(7-11)8-14(42-13)23(36)40-20-18(28)16(26)15(25)17(27)19(20)29;1-3-2;1-2/h4-5,7-8,10,21H,3,6,9H2,1-2H3,(H,34,37);3H,1H2,2H3;1-2H3. The van der Waals surface area contributed by atoms with E-state index in [0.717, 1.165) is 31.2 Å². The third-order valence-corrected chi connectivity index (χ3v) is 8.53. The van der Waals surface area contributed by atoms with Gasteiger partial charge in [-0.2, -0.15) is 22.0 Å². The molecule has 3 atom stereocenters. The van der Waals surface area contributed by atoms with E-state index in [1.54, 1.807) is 13.0 Å². The normalized spacial score (nSPS) is 13.7. The van der Waals surface area contributed by atoms with Crippen molar-refractivity contribution in [3.63, 3.8) is 0 Å². The minimum absolute atomic E-state index is 0.0118. The van der Waals surface area contributed by atoms with Gasteiger partial charge in [0, 0.05) is 4.70 Å². The van der Waals surface area contributed by atoms with Crippen molar-refractivity contribution >= 4 is 40.9 Å². The lowest BCUT2D eigenvalue weighted by Crippen LogP contribution is -2.35. The van der Waals surface area contributed by atoms with Crippen molar-refractivity contribution in [2.45, 2.75) is 59.2 Å². The summed E-state index contributed by atoms with van der Waals surface area (Å²) in [6.45, 7) is 9.77. The summed E-state index contributed by atoms with van der Waals surface area (Å²) in [6.07, 6.45) is -2.88. The van der Waals surface area contributed by atoms with Crippen LogP contribution in [0.1, 0.15) is 62.2 Å². The quantitative estimate of drug-likeness (QED) is 0.0401. The van der Waals surface area contributed by atoms with Crippen LogP contribution in [0.3, 0.4) is 0 Å². The molecule has 3 unspecified atom stereocenters. The molecule has 0 bridgehead atoms. The molecule has 0 amide bonds. The molecule has 3 aromatic rings. The maximum absolute atomic E-state index is 15.6. The predicted molar refractivity (Wildman–Crippen MR) is 158 cm³/mol. The van der Waals surface area contributed by atoms with Gasteiger partial charge in [-0.05, 0) is 49.4 Å². The summed E-state index contributed by atoms with van der Waals surface area (Å²) < 4.78 is 149. The van der Waals surface area contributed by atoms with Gasteiger partial charge in [-0.1, -0.05) is 32.9 Å². The number of ether oxygens (including phenoxy) is 2. The first kappa shape index (κ1) is 41.6. The molecule has 0 fully saturated rings. The van der Waals surface area contributed by atoms with Gasteiger partial charge in [-0.15, -0.1) is 17.9 Å². The topological polar surface area (TPSA) is 90.9 Å². The van der Waals surface area contributed by atoms with E-state index in [9.17, 15) is 49.3 Å². The lowest BCUT2D eigenvalue weighted by Gasteiger charge is -2.26. The molecule has 1 heterocycles. The van der Waals surface area contributed by atoms with E-state index in [2.05, 4.69) is 15.8 Å². The number of allylic oxidation sites excluding steroid dienone is 1. The second-order valence-corrected chi connectivity index (χ2v) is 12.2. The van der Waals surface area contributed by atoms with Gasteiger partial charge < -0.3 is 14.0 Å². The van der Waals surface area contributed by atoms with Gasteiger partial charge >= 0.3 is 25.6 Å². The minimum Gasteiger partial charge on any atom is -0.465 e. The Labute approximate surface area is 268 Å². The van der Waals surface area contributed by atoms with Gasteiger partial charge in [-0.3, -0.25) is 9.36 Å². The number of carbonyl (C=O) groups excluding carboxylic acids is 2. The molecule has 18 heteroatoms. The smallest absolute Gasteiger partial charge is 0.412 e. The minimum atomic E-state index is -5.14. The molecule has 0 saturated carbocycles. The summed E-state index contributed by atoms with van der Waals surface area (Å²) in [5, 5.41) is 1.94. The number of nitrogens with one attached hydrogen (secondary N) is 1. The molecule has 262 valence electrons. The van der Waals surface area contributed by atoms with E-state index < -0.39 is 89.5 Å². The fourth-order valence-corrected chi connectivity index (χ4v) is 6.10. The highest BCUT2D eigenvalue weighted by Crippen LogP contribution is 2.59. The number of carbonyl (C=O) groups is 2. The number of hydrogen-bond acceptors (Lipinski definition) is 7. The Balaban J connectivity index is 0.00000208. The third kappa shape index (κ3) is 11.1. The number of rotatable bonds is 11. The third-order valence-electron chi connectivity index (χ3n) is 5.27. The average molecular weight is 724 g/mol. The first-order valence-electron chi connectivity index (χ1n) is 13.6. The van der Waals surface area contributed by atoms with Crippen LogP contribution in [0.4, 0.5) is 39.5 Å². The summed E-state index contributed by atoms with van der Waals surface area (Å²) in [5.41, 5.74) is -0.521. The van der Waals surface area contributed by atoms with Crippen LogP contribution in [0.15, 0.2) is 36.9 Å². The van der Waals surface area contributed by atoms with Crippen molar-refractivity contribution in [3.8, 4) is 5.75 Å². The van der Waals surface area contributed by atoms with Crippen LogP contribution in [0.25, 0.3) is 10.1 Å². The Kier molecular flexibility index (Phi) is 16.1. The van der Waals surface area contributed by atoms with E-state index in [1.165, 1.54) is 0 Å². The maximum atomic E-state index is 15.6. The van der Waals surface area contributed by atoms with E-state index in [0.29, 0.717) is 17.8 Å². The monoisotopic (exact) mass is 723 g/mol. The zero-order valence-corrected chi connectivity index (χ0v) is 27.3. The summed E-state index contributed by atoms with van der Waals surface area (Å²) >= 11 is 0.582. The van der Waals surface area contributed by atoms with E-state index in [-0.39, 0.29) is 16.7 Å². The second kappa shape index (κ2) is 18.2. The Morgan fingerprint density at radius 3 is 2.06 bits per heavy atom. The molecule has 0 spiro atoms.